The first-order chi connectivity index (χ1) is 17.4. The molecule has 0 saturated heterocycles. The molecule has 0 aliphatic rings. The van der Waals surface area contributed by atoms with Crippen LogP contribution >= 0.6 is 0 Å². The van der Waals surface area contributed by atoms with Gasteiger partial charge in [-0.05, 0) is 49.7 Å². The van der Waals surface area contributed by atoms with Crippen LogP contribution in [-0.4, -0.2) is 58.4 Å². The molecule has 3 rings (SSSR count). The van der Waals surface area contributed by atoms with Crippen LogP contribution < -0.4 is 4.74 Å². The van der Waals surface area contributed by atoms with E-state index in [1.165, 1.54) is 0 Å². The highest BCUT2D eigenvalue weighted by Crippen LogP contribution is 2.36. The molecule has 0 bridgehead atoms. The highest BCUT2D eigenvalue weighted by atomic mass is 28.4. The molecule has 37 heavy (non-hydrogen) atoms. The Kier molecular flexibility index (Phi) is 9.04. The summed E-state index contributed by atoms with van der Waals surface area (Å²) in [5, 5.41) is 10.9. The number of rotatable bonds is 10. The SMILES string of the molecule is CC(C)N(CCO[Si](C)(C)C(C)(C)C)C(=O)c1nc(-c2ccccn2)nc(O)c1OCc1ccccc1. The fourth-order valence-electron chi connectivity index (χ4n) is 3.40. The maximum absolute atomic E-state index is 13.9. The van der Waals surface area contributed by atoms with Crippen LogP contribution in [0.1, 0.15) is 50.7 Å². The topological polar surface area (TPSA) is 97.7 Å². The van der Waals surface area contributed by atoms with E-state index in [2.05, 4.69) is 48.8 Å². The normalized spacial score (nSPS) is 12.0. The molecule has 1 amide bonds. The van der Waals surface area contributed by atoms with Gasteiger partial charge < -0.3 is 19.2 Å². The molecule has 1 aromatic carbocycles. The van der Waals surface area contributed by atoms with Gasteiger partial charge in [0.15, 0.2) is 19.8 Å². The summed E-state index contributed by atoms with van der Waals surface area (Å²) in [4.78, 5) is 28.6. The smallest absolute Gasteiger partial charge is 0.276 e. The van der Waals surface area contributed by atoms with E-state index in [0.717, 1.165) is 5.56 Å². The average Bonchev–Trinajstić information content (AvgIpc) is 2.85. The van der Waals surface area contributed by atoms with Crippen molar-refractivity contribution in [2.45, 2.75) is 65.4 Å². The Hall–Kier alpha value is -3.30. The van der Waals surface area contributed by atoms with Crippen molar-refractivity contribution < 1.29 is 19.1 Å². The van der Waals surface area contributed by atoms with E-state index >= 15 is 0 Å². The number of aromatic hydroxyl groups is 1. The van der Waals surface area contributed by atoms with Crippen molar-refractivity contribution in [2.75, 3.05) is 13.2 Å². The van der Waals surface area contributed by atoms with Gasteiger partial charge in [-0.15, -0.1) is 0 Å². The number of aromatic nitrogens is 3. The van der Waals surface area contributed by atoms with Crippen LogP contribution in [0.25, 0.3) is 11.5 Å². The molecule has 0 radical (unpaired) electrons. The van der Waals surface area contributed by atoms with Gasteiger partial charge in [0.05, 0.1) is 6.61 Å². The van der Waals surface area contributed by atoms with E-state index in [9.17, 15) is 9.90 Å². The second kappa shape index (κ2) is 11.8. The monoisotopic (exact) mass is 522 g/mol. The summed E-state index contributed by atoms with van der Waals surface area (Å²) >= 11 is 0. The van der Waals surface area contributed by atoms with Crippen LogP contribution in [0.2, 0.25) is 18.1 Å². The molecule has 2 heterocycles. The van der Waals surface area contributed by atoms with Crippen LogP contribution in [0.3, 0.4) is 0 Å². The molecule has 3 aromatic rings. The van der Waals surface area contributed by atoms with Crippen LogP contribution in [-0.2, 0) is 11.0 Å². The quantitative estimate of drug-likeness (QED) is 0.341. The van der Waals surface area contributed by atoms with E-state index in [1.54, 1.807) is 29.3 Å². The van der Waals surface area contributed by atoms with Crippen LogP contribution in [0.5, 0.6) is 11.6 Å². The summed E-state index contributed by atoms with van der Waals surface area (Å²) in [6.07, 6.45) is 1.61. The van der Waals surface area contributed by atoms with E-state index in [0.29, 0.717) is 18.8 Å². The third kappa shape index (κ3) is 7.14. The zero-order chi connectivity index (χ0) is 27.2. The number of pyridine rings is 1. The van der Waals surface area contributed by atoms with Crippen molar-refractivity contribution in [3.05, 3.63) is 66.0 Å². The zero-order valence-electron chi connectivity index (χ0n) is 22.9. The van der Waals surface area contributed by atoms with Crippen molar-refractivity contribution in [1.82, 2.24) is 19.9 Å². The molecule has 1 N–H and O–H groups in total. The summed E-state index contributed by atoms with van der Waals surface area (Å²) in [7, 11) is -1.98. The molecule has 0 atom stereocenters. The first-order valence-electron chi connectivity index (χ1n) is 12.5. The number of carbonyl (C=O) groups excluding carboxylic acids is 1. The van der Waals surface area contributed by atoms with Crippen LogP contribution in [0.15, 0.2) is 54.7 Å². The molecule has 0 saturated carbocycles. The number of hydrogen-bond acceptors (Lipinski definition) is 7. The summed E-state index contributed by atoms with van der Waals surface area (Å²) in [6.45, 7) is 15.7. The Morgan fingerprint density at radius 3 is 2.32 bits per heavy atom. The number of ether oxygens (including phenoxy) is 1. The van der Waals surface area contributed by atoms with Crippen LogP contribution in [0.4, 0.5) is 0 Å². The molecule has 198 valence electrons. The standard InChI is InChI=1S/C28H38N4O4Si/c1-20(2)32(17-18-36-37(6,7)28(3,4)5)27(34)23-24(35-19-21-13-9-8-10-14-21)26(33)31-25(30-23)22-15-11-12-16-29-22/h8-16,20H,17-19H2,1-7H3,(H,30,31,33). The van der Waals surface area contributed by atoms with Gasteiger partial charge in [-0.25, -0.2) is 4.98 Å². The maximum atomic E-state index is 13.9. The summed E-state index contributed by atoms with van der Waals surface area (Å²) in [5.74, 6) is -0.679. The van der Waals surface area contributed by atoms with E-state index in [1.807, 2.05) is 44.2 Å². The molecular formula is C28H38N4O4Si. The average molecular weight is 523 g/mol. The van der Waals surface area contributed by atoms with Gasteiger partial charge in [0, 0.05) is 18.8 Å². The molecule has 0 aliphatic carbocycles. The Balaban J connectivity index is 1.94. The number of hydrogen-bond donors (Lipinski definition) is 1. The van der Waals surface area contributed by atoms with Gasteiger partial charge in [-0.1, -0.05) is 57.2 Å². The van der Waals surface area contributed by atoms with Gasteiger partial charge in [0.1, 0.15) is 12.3 Å². The summed E-state index contributed by atoms with van der Waals surface area (Å²) in [5.41, 5.74) is 1.32. The minimum absolute atomic E-state index is 0.00916. The lowest BCUT2D eigenvalue weighted by atomic mass is 10.2. The van der Waals surface area contributed by atoms with Gasteiger partial charge in [-0.2, -0.15) is 4.98 Å². The lowest BCUT2D eigenvalue weighted by Crippen LogP contribution is -2.45. The van der Waals surface area contributed by atoms with Crippen molar-refractivity contribution in [3.8, 4) is 23.1 Å². The number of benzene rings is 1. The molecule has 0 fully saturated rings. The highest BCUT2D eigenvalue weighted by molar-refractivity contribution is 6.74. The van der Waals surface area contributed by atoms with Gasteiger partial charge >= 0.3 is 0 Å². The Bertz CT molecular complexity index is 1180. The third-order valence-electron chi connectivity index (χ3n) is 6.66. The molecule has 0 spiro atoms. The maximum Gasteiger partial charge on any atom is 0.276 e. The highest BCUT2D eigenvalue weighted by Gasteiger charge is 2.37. The van der Waals surface area contributed by atoms with Crippen molar-refractivity contribution in [2.24, 2.45) is 0 Å². The van der Waals surface area contributed by atoms with Crippen LogP contribution in [0, 0.1) is 0 Å². The van der Waals surface area contributed by atoms with E-state index < -0.39 is 14.2 Å². The summed E-state index contributed by atoms with van der Waals surface area (Å²) in [6, 6.07) is 14.7. The zero-order valence-corrected chi connectivity index (χ0v) is 23.9. The number of amides is 1. The second-order valence-electron chi connectivity index (χ2n) is 10.7. The lowest BCUT2D eigenvalue weighted by molar-refractivity contribution is 0.0657. The van der Waals surface area contributed by atoms with E-state index in [4.69, 9.17) is 9.16 Å². The molecule has 0 unspecified atom stereocenters. The first-order valence-corrected chi connectivity index (χ1v) is 15.5. The predicted molar refractivity (Wildman–Crippen MR) is 147 cm³/mol. The largest absolute Gasteiger partial charge is 0.491 e. The minimum Gasteiger partial charge on any atom is -0.491 e. The lowest BCUT2D eigenvalue weighted by Gasteiger charge is -2.37. The molecule has 0 aliphatic heterocycles. The minimum atomic E-state index is -1.98. The Morgan fingerprint density at radius 1 is 1.05 bits per heavy atom. The Morgan fingerprint density at radius 2 is 1.73 bits per heavy atom. The van der Waals surface area contributed by atoms with Crippen molar-refractivity contribution in [1.29, 1.82) is 0 Å². The predicted octanol–water partition coefficient (Wildman–Crippen LogP) is 5.70. The molecule has 8 nitrogen and oxygen atoms in total. The summed E-state index contributed by atoms with van der Waals surface area (Å²) < 4.78 is 12.3. The number of carbonyl (C=O) groups is 1. The van der Waals surface area contributed by atoms with Crippen molar-refractivity contribution >= 4 is 14.2 Å². The fraction of sp³-hybridized carbons (Fsp3) is 0.429. The number of nitrogens with zero attached hydrogens (tertiary/aromatic N) is 4. The van der Waals surface area contributed by atoms with Gasteiger partial charge in [-0.3, -0.25) is 9.78 Å². The molecule has 2 aromatic heterocycles. The fourth-order valence-corrected chi connectivity index (χ4v) is 4.44. The molecule has 9 heteroatoms. The second-order valence-corrected chi connectivity index (χ2v) is 15.5. The van der Waals surface area contributed by atoms with Gasteiger partial charge in [0.25, 0.3) is 11.8 Å². The molecular weight excluding hydrogens is 484 g/mol. The Labute approximate surface area is 220 Å². The first kappa shape index (κ1) is 28.3. The third-order valence-corrected chi connectivity index (χ3v) is 11.2. The van der Waals surface area contributed by atoms with Gasteiger partial charge in [0.2, 0.25) is 5.75 Å². The van der Waals surface area contributed by atoms with Crippen molar-refractivity contribution in [3.63, 3.8) is 0 Å². The van der Waals surface area contributed by atoms with E-state index in [-0.39, 0.29) is 40.9 Å².